The lowest BCUT2D eigenvalue weighted by Crippen LogP contribution is -2.48. The fourth-order valence-corrected chi connectivity index (χ4v) is 7.13. The van der Waals surface area contributed by atoms with E-state index in [-0.39, 0.29) is 36.3 Å². The number of hydrogen-bond donors (Lipinski definition) is 1. The Balaban J connectivity index is 1.49. The van der Waals surface area contributed by atoms with Gasteiger partial charge in [-0.15, -0.1) is 0 Å². The molecule has 0 aliphatic carbocycles. The monoisotopic (exact) mass is 601 g/mol. The molecule has 7 nitrogen and oxygen atoms in total. The molecule has 0 saturated carbocycles. The summed E-state index contributed by atoms with van der Waals surface area (Å²) in [6, 6.07) is 16.3. The summed E-state index contributed by atoms with van der Waals surface area (Å²) in [5, 5.41) is 10.6. The number of nitrogens with zero attached hydrogens (tertiary/aromatic N) is 3. The van der Waals surface area contributed by atoms with Gasteiger partial charge in [0.2, 0.25) is 5.91 Å². The van der Waals surface area contributed by atoms with Crippen molar-refractivity contribution in [2.75, 3.05) is 24.6 Å². The first-order valence-corrected chi connectivity index (χ1v) is 16.0. The molecular weight excluding hydrogens is 557 g/mol. The van der Waals surface area contributed by atoms with Crippen molar-refractivity contribution in [1.29, 1.82) is 0 Å². The Morgan fingerprint density at radius 3 is 2.59 bits per heavy atom. The number of hydrogen-bond acceptors (Lipinski definition) is 5. The highest BCUT2D eigenvalue weighted by Gasteiger charge is 2.47. The molecule has 1 aromatic heterocycles. The van der Waals surface area contributed by atoms with Crippen LogP contribution in [0.3, 0.4) is 0 Å². The maximum atomic E-state index is 14.4. The number of halogens is 1. The van der Waals surface area contributed by atoms with Crippen molar-refractivity contribution in [2.45, 2.75) is 83.7 Å². The van der Waals surface area contributed by atoms with Gasteiger partial charge in [-0.2, -0.15) is 0 Å². The number of rotatable bonds is 13. The summed E-state index contributed by atoms with van der Waals surface area (Å²) in [5.41, 5.74) is 4.16. The van der Waals surface area contributed by atoms with Gasteiger partial charge in [0.05, 0.1) is 19.1 Å². The molecule has 2 aliphatic rings. The number of carbonyl (C=O) groups is 2. The minimum absolute atomic E-state index is 0.0280. The molecule has 3 aromatic rings. The van der Waals surface area contributed by atoms with Gasteiger partial charge in [-0.25, -0.2) is 4.39 Å². The number of likely N-dealkylation sites (tertiary alicyclic amines) is 1. The minimum Gasteiger partial charge on any atom is -0.493 e. The van der Waals surface area contributed by atoms with Crippen molar-refractivity contribution < 1.29 is 23.8 Å². The predicted octanol–water partition coefficient (Wildman–Crippen LogP) is 6.57. The van der Waals surface area contributed by atoms with Gasteiger partial charge in [-0.05, 0) is 85.7 Å². The highest BCUT2D eigenvalue weighted by Crippen LogP contribution is 2.41. The van der Waals surface area contributed by atoms with Crippen LogP contribution in [0.15, 0.2) is 60.8 Å². The van der Waals surface area contributed by atoms with E-state index >= 15 is 0 Å². The molecule has 1 saturated heterocycles. The topological polar surface area (TPSA) is 83.0 Å². The van der Waals surface area contributed by atoms with E-state index in [2.05, 4.69) is 29.8 Å². The van der Waals surface area contributed by atoms with E-state index in [0.29, 0.717) is 37.2 Å². The third-order valence-corrected chi connectivity index (χ3v) is 9.23. The summed E-state index contributed by atoms with van der Waals surface area (Å²) in [6.45, 7) is 7.11. The number of carbonyl (C=O) groups excluding carboxylic acids is 1. The number of amides is 1. The third-order valence-electron chi connectivity index (χ3n) is 9.23. The van der Waals surface area contributed by atoms with Crippen molar-refractivity contribution >= 4 is 17.6 Å². The van der Waals surface area contributed by atoms with E-state index in [1.807, 2.05) is 35.2 Å². The van der Waals surface area contributed by atoms with E-state index in [4.69, 9.17) is 4.74 Å². The van der Waals surface area contributed by atoms with Gasteiger partial charge in [0.25, 0.3) is 0 Å². The fourth-order valence-electron chi connectivity index (χ4n) is 7.13. The van der Waals surface area contributed by atoms with Crippen molar-refractivity contribution in [1.82, 2.24) is 9.88 Å². The van der Waals surface area contributed by atoms with Crippen molar-refractivity contribution in [3.8, 4) is 5.75 Å². The number of ether oxygens (including phenoxy) is 1. The molecule has 1 N–H and O–H groups in total. The molecule has 2 aliphatic heterocycles. The number of anilines is 1. The summed E-state index contributed by atoms with van der Waals surface area (Å²) < 4.78 is 20.0. The Hall–Kier alpha value is -3.78. The van der Waals surface area contributed by atoms with Gasteiger partial charge in [0.1, 0.15) is 11.6 Å². The second-order valence-electron chi connectivity index (χ2n) is 12.2. The number of aromatic nitrogens is 1. The predicted molar refractivity (Wildman–Crippen MR) is 170 cm³/mol. The molecule has 0 radical (unpaired) electrons. The number of carboxylic acid groups (broad SMARTS) is 1. The Labute approximate surface area is 260 Å². The van der Waals surface area contributed by atoms with E-state index in [0.717, 1.165) is 54.7 Å². The highest BCUT2D eigenvalue weighted by atomic mass is 19.1. The first-order valence-electron chi connectivity index (χ1n) is 16.0. The summed E-state index contributed by atoms with van der Waals surface area (Å²) in [5.74, 6) is -1.34. The van der Waals surface area contributed by atoms with Crippen LogP contribution < -0.4 is 9.64 Å². The fraction of sp³-hybridized carbons (Fsp3) is 0.472. The van der Waals surface area contributed by atoms with Crippen LogP contribution in [0.25, 0.3) is 0 Å². The molecule has 0 spiro atoms. The van der Waals surface area contributed by atoms with Crippen LogP contribution in [-0.4, -0.2) is 58.6 Å². The molecule has 5 rings (SSSR count). The molecule has 0 bridgehead atoms. The van der Waals surface area contributed by atoms with Crippen LogP contribution in [0, 0.1) is 18.7 Å². The third kappa shape index (κ3) is 6.96. The molecule has 1 amide bonds. The lowest BCUT2D eigenvalue weighted by molar-refractivity contribution is -0.143. The van der Waals surface area contributed by atoms with Crippen LogP contribution in [-0.2, 0) is 22.4 Å². The standard InChI is InChI=1S/C36H44FN3O4/c1-4-8-28(9-5-2)40(29-13-14-31(37)24(3)20-29)34(41)23-39-22-30(25-11-16-33-26(21-25)17-19-44-33)35(36(42)43)32(39)15-12-27-10-6-7-18-38-27/h6-7,10-11,13-14,16,18,20-21,28,30,32,35H,4-5,8-9,12,15,17,19,22-23H2,1-3H3,(H,42,43). The van der Waals surface area contributed by atoms with E-state index in [9.17, 15) is 19.1 Å². The lowest BCUT2D eigenvalue weighted by Gasteiger charge is -2.35. The minimum atomic E-state index is -0.853. The van der Waals surface area contributed by atoms with Crippen LogP contribution in [0.4, 0.5) is 10.1 Å². The molecule has 3 atom stereocenters. The summed E-state index contributed by atoms with van der Waals surface area (Å²) in [6.07, 6.45) is 7.22. The Morgan fingerprint density at radius 2 is 1.91 bits per heavy atom. The molecule has 1 fully saturated rings. The van der Waals surface area contributed by atoms with E-state index < -0.39 is 11.9 Å². The van der Waals surface area contributed by atoms with Gasteiger partial charge in [-0.3, -0.25) is 19.5 Å². The zero-order valence-corrected chi connectivity index (χ0v) is 26.0. The number of fused-ring (bicyclic) bond motifs is 1. The Kier molecular flexibility index (Phi) is 10.3. The average molecular weight is 602 g/mol. The van der Waals surface area contributed by atoms with Crippen molar-refractivity contribution in [2.24, 2.45) is 5.92 Å². The molecule has 3 heterocycles. The van der Waals surface area contributed by atoms with Crippen LogP contribution in [0.1, 0.15) is 74.3 Å². The van der Waals surface area contributed by atoms with Gasteiger partial charge >= 0.3 is 5.97 Å². The van der Waals surface area contributed by atoms with Gasteiger partial charge < -0.3 is 14.7 Å². The summed E-state index contributed by atoms with van der Waals surface area (Å²) >= 11 is 0. The average Bonchev–Trinajstić information content (AvgIpc) is 3.63. The molecule has 234 valence electrons. The number of aryl methyl sites for hydroxylation is 2. The molecule has 2 aromatic carbocycles. The number of carboxylic acids is 1. The second-order valence-corrected chi connectivity index (χ2v) is 12.2. The number of benzene rings is 2. The van der Waals surface area contributed by atoms with Gasteiger partial charge in [0.15, 0.2) is 0 Å². The first kappa shape index (κ1) is 31.6. The Morgan fingerprint density at radius 1 is 1.11 bits per heavy atom. The molecule has 8 heteroatoms. The van der Waals surface area contributed by atoms with Crippen molar-refractivity contribution in [3.63, 3.8) is 0 Å². The smallest absolute Gasteiger partial charge is 0.308 e. The normalized spacial score (nSPS) is 19.6. The molecule has 44 heavy (non-hydrogen) atoms. The first-order chi connectivity index (χ1) is 21.3. The van der Waals surface area contributed by atoms with E-state index in [1.165, 1.54) is 6.07 Å². The number of aliphatic carboxylic acids is 1. The van der Waals surface area contributed by atoms with Crippen LogP contribution in [0.5, 0.6) is 5.75 Å². The Bertz CT molecular complexity index is 1440. The van der Waals surface area contributed by atoms with Crippen molar-refractivity contribution in [3.05, 3.63) is 89.0 Å². The zero-order chi connectivity index (χ0) is 31.2. The zero-order valence-electron chi connectivity index (χ0n) is 26.0. The lowest BCUT2D eigenvalue weighted by atomic mass is 9.83. The van der Waals surface area contributed by atoms with Crippen LogP contribution in [0.2, 0.25) is 0 Å². The SMILES string of the molecule is CCCC(CCC)N(C(=O)CN1CC(c2ccc3c(c2)CCO3)C(C(=O)O)C1CCc1ccccn1)c1ccc(F)c(C)c1. The van der Waals surface area contributed by atoms with E-state index in [1.54, 1.807) is 25.3 Å². The molecule has 3 unspecified atom stereocenters. The summed E-state index contributed by atoms with van der Waals surface area (Å²) in [7, 11) is 0. The maximum absolute atomic E-state index is 14.4. The molecular formula is C36H44FN3O4. The number of pyridine rings is 1. The highest BCUT2D eigenvalue weighted by molar-refractivity contribution is 5.95. The summed E-state index contributed by atoms with van der Waals surface area (Å²) in [4.78, 5) is 35.8. The van der Waals surface area contributed by atoms with Gasteiger partial charge in [0, 0.05) is 48.5 Å². The maximum Gasteiger partial charge on any atom is 0.308 e. The largest absolute Gasteiger partial charge is 0.493 e. The van der Waals surface area contributed by atoms with Crippen LogP contribution >= 0.6 is 0 Å². The quantitative estimate of drug-likeness (QED) is 0.239. The van der Waals surface area contributed by atoms with Gasteiger partial charge in [-0.1, -0.05) is 44.9 Å². The second kappa shape index (κ2) is 14.3.